The molecule has 5 rings (SSSR count). The Labute approximate surface area is 313 Å². The zero-order valence-corrected chi connectivity index (χ0v) is 31.4. The Morgan fingerprint density at radius 1 is 0.509 bits per heavy atom. The van der Waals surface area contributed by atoms with Gasteiger partial charge in [-0.05, 0) is 93.0 Å². The number of halogens is 6. The van der Waals surface area contributed by atoms with E-state index in [0.717, 1.165) is 14.7 Å². The van der Waals surface area contributed by atoms with E-state index in [-0.39, 0.29) is 73.8 Å². The highest BCUT2D eigenvalue weighted by Gasteiger charge is 2.30. The van der Waals surface area contributed by atoms with Gasteiger partial charge in [0.25, 0.3) is 22.2 Å². The molecule has 2 heterocycles. The van der Waals surface area contributed by atoms with E-state index in [4.69, 9.17) is 0 Å². The fourth-order valence-corrected chi connectivity index (χ4v) is 8.48. The first kappa shape index (κ1) is 41.6. The molecule has 0 radical (unpaired) electrons. The lowest BCUT2D eigenvalue weighted by Crippen LogP contribution is -2.24. The van der Waals surface area contributed by atoms with Gasteiger partial charge >= 0.3 is 12.4 Å². The van der Waals surface area contributed by atoms with Crippen LogP contribution in [0.3, 0.4) is 0 Å². The molecule has 0 aliphatic carbocycles. The van der Waals surface area contributed by atoms with Gasteiger partial charge in [0.1, 0.15) is 0 Å². The second-order valence-corrected chi connectivity index (χ2v) is 16.1. The maximum absolute atomic E-state index is 14.4. The fourth-order valence-electron chi connectivity index (χ4n) is 7.22. The third-order valence-electron chi connectivity index (χ3n) is 10.1. The Balaban J connectivity index is 1.57. The zero-order chi connectivity index (χ0) is 40.3. The van der Waals surface area contributed by atoms with Crippen LogP contribution >= 0.6 is 0 Å². The van der Waals surface area contributed by atoms with Crippen LogP contribution in [0.15, 0.2) is 77.5 Å². The van der Waals surface area contributed by atoms with Crippen LogP contribution in [0.5, 0.6) is 0 Å². The van der Waals surface area contributed by atoms with Gasteiger partial charge in [0.15, 0.2) is 0 Å². The second kappa shape index (κ2) is 16.7. The van der Waals surface area contributed by atoms with Crippen LogP contribution in [0, 0.1) is 6.92 Å². The summed E-state index contributed by atoms with van der Waals surface area (Å²) in [5.74, 6) is 0. The van der Waals surface area contributed by atoms with Gasteiger partial charge < -0.3 is 0 Å². The van der Waals surface area contributed by atoms with Crippen molar-refractivity contribution < 1.29 is 34.8 Å². The summed E-state index contributed by atoms with van der Waals surface area (Å²) in [5.41, 5.74) is -1.59. The number of fused-ring (bicyclic) bond motifs is 2. The van der Waals surface area contributed by atoms with E-state index in [1.807, 2.05) is 6.92 Å². The molecule has 0 amide bonds. The number of aromatic nitrogens is 2. The Kier molecular flexibility index (Phi) is 12.6. The average molecular weight is 793 g/mol. The number of unbranched alkanes of at least 4 members (excludes halogenated alkanes) is 8. The highest BCUT2D eigenvalue weighted by atomic mass is 32.2. The third-order valence-corrected chi connectivity index (χ3v) is 11.9. The minimum atomic E-state index is -4.26. The van der Waals surface area contributed by atoms with E-state index in [1.165, 1.54) is 43.4 Å². The molecule has 2 aromatic heterocycles. The van der Waals surface area contributed by atoms with Gasteiger partial charge in [0.2, 0.25) is 9.84 Å². The van der Waals surface area contributed by atoms with E-state index < -0.39 is 57.3 Å². The molecule has 3 aromatic carbocycles. The van der Waals surface area contributed by atoms with Crippen LogP contribution in [-0.2, 0) is 29.7 Å². The summed E-state index contributed by atoms with van der Waals surface area (Å²) in [6.07, 6.45) is -7.13. The minimum Gasteiger partial charge on any atom is -0.277 e. The lowest BCUT2D eigenvalue weighted by Gasteiger charge is -2.10. The van der Waals surface area contributed by atoms with Crippen LogP contribution in [-0.4, -0.2) is 29.9 Å². The fraction of sp³-hybridized carbons (Fsp3) is 0.450. The van der Waals surface area contributed by atoms with Gasteiger partial charge in [-0.3, -0.25) is 23.7 Å². The molecule has 15 heteroatoms. The molecule has 0 saturated carbocycles. The van der Waals surface area contributed by atoms with Crippen molar-refractivity contribution in [3.05, 3.63) is 107 Å². The van der Waals surface area contributed by atoms with Crippen LogP contribution in [0.25, 0.3) is 27.2 Å². The molecule has 8 nitrogen and oxygen atoms in total. The Morgan fingerprint density at radius 2 is 0.855 bits per heavy atom. The van der Waals surface area contributed by atoms with Crippen LogP contribution < -0.4 is 22.2 Å². The number of hydrogen-bond donors (Lipinski definition) is 0. The number of hydrogen-bond acceptors (Lipinski definition) is 6. The zero-order valence-electron chi connectivity index (χ0n) is 30.5. The van der Waals surface area contributed by atoms with E-state index in [9.17, 15) is 53.9 Å². The highest BCUT2D eigenvalue weighted by molar-refractivity contribution is 7.91. The predicted octanol–water partition coefficient (Wildman–Crippen LogP) is 8.47. The van der Waals surface area contributed by atoms with E-state index in [0.29, 0.717) is 51.4 Å². The summed E-state index contributed by atoms with van der Waals surface area (Å²) < 4.78 is 104. The normalized spacial score (nSPS) is 12.7. The first-order valence-corrected chi connectivity index (χ1v) is 19.8. The number of nitrogens with zero attached hydrogens (tertiary/aromatic N) is 2. The van der Waals surface area contributed by atoms with Gasteiger partial charge in [-0.2, -0.15) is 26.3 Å². The topological polar surface area (TPSA) is 112 Å². The molecule has 296 valence electrons. The summed E-state index contributed by atoms with van der Waals surface area (Å²) in [5, 5.41) is -0.139. The summed E-state index contributed by atoms with van der Waals surface area (Å²) in [4.78, 5) is 55.9. The molecule has 55 heavy (non-hydrogen) atoms. The molecule has 0 unspecified atom stereocenters. The van der Waals surface area contributed by atoms with Gasteiger partial charge in [-0.1, -0.05) is 56.2 Å². The number of benzene rings is 3. The van der Waals surface area contributed by atoms with Gasteiger partial charge in [0, 0.05) is 19.9 Å². The van der Waals surface area contributed by atoms with Crippen molar-refractivity contribution in [2.75, 3.05) is 0 Å². The molecule has 5 aromatic rings. The number of sulfone groups is 1. The molecule has 0 atom stereocenters. The minimum absolute atomic E-state index is 0.00830. The average Bonchev–Trinajstić information content (AvgIpc) is 3.50. The number of alkyl halides is 6. The first-order chi connectivity index (χ1) is 25.8. The lowest BCUT2D eigenvalue weighted by atomic mass is 9.91. The first-order valence-electron chi connectivity index (χ1n) is 18.3. The molecule has 0 saturated heterocycles. The van der Waals surface area contributed by atoms with Gasteiger partial charge in [-0.15, -0.1) is 0 Å². The molecule has 0 N–H and O–H groups in total. The predicted molar refractivity (Wildman–Crippen MR) is 199 cm³/mol. The molecule has 0 bridgehead atoms. The standard InChI is InChI=1S/C40H42F6N2O6S/c1-25-15-19-27(20-16-25)55(53,54)28-21-17-26(18-22-28)48-37(51)33-29(13-9-5-3-7-11-23-39(41,42)43)31-32(36(50)47(2)35(31)49)30(34(33)38(48)52)14-10-6-4-8-12-24-40(44,45)46/h15-22H,3-14,23-24H2,1-2H3. The number of aryl methyl sites for hydroxylation is 3. The molecule has 0 spiro atoms. The molecule has 0 aliphatic heterocycles. The Hall–Kier alpha value is -4.53. The lowest BCUT2D eigenvalue weighted by molar-refractivity contribution is -0.136. The Bertz CT molecular complexity index is 2360. The van der Waals surface area contributed by atoms with Crippen LogP contribution in [0.2, 0.25) is 0 Å². The SMILES string of the molecule is Cc1ccc(S(=O)(=O)c2ccc(-n3c(=O)c4c(CCCCCCCC(F)(F)F)c5c(=O)n(C)c(=O)c5c(CCCCCCCC(F)(F)F)c4c3=O)cc2)cc1. The van der Waals surface area contributed by atoms with Crippen molar-refractivity contribution >= 4 is 31.4 Å². The van der Waals surface area contributed by atoms with E-state index in [1.54, 1.807) is 12.1 Å². The maximum Gasteiger partial charge on any atom is 0.389 e. The summed E-state index contributed by atoms with van der Waals surface area (Å²) in [7, 11) is -2.66. The highest BCUT2D eigenvalue weighted by Crippen LogP contribution is 2.32. The second-order valence-electron chi connectivity index (χ2n) is 14.1. The van der Waals surface area contributed by atoms with Crippen molar-refractivity contribution in [1.82, 2.24) is 9.13 Å². The van der Waals surface area contributed by atoms with Gasteiger partial charge in [0.05, 0.1) is 37.0 Å². The van der Waals surface area contributed by atoms with Crippen LogP contribution in [0.4, 0.5) is 26.3 Å². The molecular weight excluding hydrogens is 751 g/mol. The van der Waals surface area contributed by atoms with Gasteiger partial charge in [-0.25, -0.2) is 13.0 Å². The molecular formula is C40H42F6N2O6S. The van der Waals surface area contributed by atoms with E-state index in [2.05, 4.69) is 0 Å². The quantitative estimate of drug-likeness (QED) is 0.0690. The van der Waals surface area contributed by atoms with Crippen molar-refractivity contribution in [2.24, 2.45) is 7.05 Å². The summed E-state index contributed by atoms with van der Waals surface area (Å²) in [6.45, 7) is 1.81. The van der Waals surface area contributed by atoms with E-state index >= 15 is 0 Å². The maximum atomic E-state index is 14.4. The van der Waals surface area contributed by atoms with Crippen molar-refractivity contribution in [3.63, 3.8) is 0 Å². The Morgan fingerprint density at radius 3 is 1.25 bits per heavy atom. The van der Waals surface area contributed by atoms with Crippen molar-refractivity contribution in [2.45, 2.75) is 119 Å². The van der Waals surface area contributed by atoms with Crippen molar-refractivity contribution in [3.8, 4) is 5.69 Å². The number of rotatable bonds is 17. The monoisotopic (exact) mass is 792 g/mol. The van der Waals surface area contributed by atoms with Crippen LogP contribution in [0.1, 0.15) is 93.7 Å². The van der Waals surface area contributed by atoms with Crippen molar-refractivity contribution in [1.29, 1.82) is 0 Å². The summed E-state index contributed by atoms with van der Waals surface area (Å²) in [6, 6.07) is 11.4. The largest absolute Gasteiger partial charge is 0.389 e. The third kappa shape index (κ3) is 9.30. The summed E-state index contributed by atoms with van der Waals surface area (Å²) >= 11 is 0. The molecule has 0 fully saturated rings. The molecule has 0 aliphatic rings. The smallest absolute Gasteiger partial charge is 0.277 e.